The van der Waals surface area contributed by atoms with Crippen molar-refractivity contribution < 1.29 is 9.90 Å². The number of hydrogen-bond acceptors (Lipinski definition) is 3. The summed E-state index contributed by atoms with van der Waals surface area (Å²) in [6.07, 6.45) is 0.862. The van der Waals surface area contributed by atoms with Gasteiger partial charge in [0.05, 0.1) is 6.04 Å². The number of aromatic hydroxyl groups is 1. The van der Waals surface area contributed by atoms with Gasteiger partial charge >= 0.3 is 0 Å². The molecule has 4 heteroatoms. The number of carbonyl (C=O) groups excluding carboxylic acids is 1. The van der Waals surface area contributed by atoms with E-state index in [4.69, 9.17) is 5.73 Å². The minimum atomic E-state index is -0.507. The number of phenols is 1. The van der Waals surface area contributed by atoms with Gasteiger partial charge in [0.15, 0.2) is 0 Å². The lowest BCUT2D eigenvalue weighted by Crippen LogP contribution is -2.45. The van der Waals surface area contributed by atoms with Gasteiger partial charge in [-0.2, -0.15) is 0 Å². The molecule has 0 radical (unpaired) electrons. The molecule has 4 nitrogen and oxygen atoms in total. The molecule has 17 heavy (non-hydrogen) atoms. The highest BCUT2D eigenvalue weighted by Crippen LogP contribution is 2.20. The zero-order chi connectivity index (χ0) is 13.0. The van der Waals surface area contributed by atoms with Gasteiger partial charge in [0.2, 0.25) is 5.91 Å². The second kappa shape index (κ2) is 5.68. The third-order valence-corrected chi connectivity index (χ3v) is 3.09. The maximum atomic E-state index is 12.1. The van der Waals surface area contributed by atoms with Crippen molar-refractivity contribution in [2.24, 2.45) is 11.7 Å². The molecule has 3 N–H and O–H groups in total. The Bertz CT molecular complexity index is 393. The van der Waals surface area contributed by atoms with E-state index in [0.717, 1.165) is 6.42 Å². The van der Waals surface area contributed by atoms with Gasteiger partial charge in [-0.3, -0.25) is 4.79 Å². The number of nitrogens with two attached hydrogens (primary N) is 1. The standard InChI is InChI=1S/C13H20N2O2/c1-4-9(2)12(14)13(17)15(3)10-6-5-7-11(16)8-10/h5-9,12,16H,4,14H2,1-3H3/t9-,12-/m0/s1. The van der Waals surface area contributed by atoms with Crippen LogP contribution in [0.5, 0.6) is 5.75 Å². The molecule has 2 atom stereocenters. The van der Waals surface area contributed by atoms with Crippen LogP contribution >= 0.6 is 0 Å². The van der Waals surface area contributed by atoms with E-state index < -0.39 is 6.04 Å². The lowest BCUT2D eigenvalue weighted by atomic mass is 9.99. The van der Waals surface area contributed by atoms with E-state index in [1.807, 2.05) is 13.8 Å². The topological polar surface area (TPSA) is 66.6 Å². The van der Waals surface area contributed by atoms with E-state index in [2.05, 4.69) is 0 Å². The Hall–Kier alpha value is -1.55. The molecular formula is C13H20N2O2. The quantitative estimate of drug-likeness (QED) is 0.836. The van der Waals surface area contributed by atoms with Crippen molar-refractivity contribution in [1.29, 1.82) is 0 Å². The SMILES string of the molecule is CC[C@H](C)[C@H](N)C(=O)N(C)c1cccc(O)c1. The fraction of sp³-hybridized carbons (Fsp3) is 0.462. The number of likely N-dealkylation sites (N-methyl/N-ethyl adjacent to an activating group) is 1. The first-order valence-corrected chi connectivity index (χ1v) is 5.79. The van der Waals surface area contributed by atoms with Gasteiger partial charge in [0, 0.05) is 18.8 Å². The van der Waals surface area contributed by atoms with Crippen LogP contribution in [-0.2, 0) is 4.79 Å². The smallest absolute Gasteiger partial charge is 0.243 e. The van der Waals surface area contributed by atoms with Crippen LogP contribution in [0.25, 0.3) is 0 Å². The zero-order valence-electron chi connectivity index (χ0n) is 10.6. The molecule has 0 aromatic heterocycles. The molecule has 0 fully saturated rings. The summed E-state index contributed by atoms with van der Waals surface area (Å²) in [6, 6.07) is 6.06. The normalized spacial score (nSPS) is 14.1. The van der Waals surface area contributed by atoms with Crippen molar-refractivity contribution in [3.05, 3.63) is 24.3 Å². The Labute approximate surface area is 102 Å². The zero-order valence-corrected chi connectivity index (χ0v) is 10.6. The largest absolute Gasteiger partial charge is 0.508 e. The first-order chi connectivity index (χ1) is 7.97. The molecule has 0 aliphatic carbocycles. The van der Waals surface area contributed by atoms with E-state index >= 15 is 0 Å². The molecule has 0 saturated heterocycles. The van der Waals surface area contributed by atoms with Gasteiger partial charge < -0.3 is 15.7 Å². The number of amides is 1. The highest BCUT2D eigenvalue weighted by atomic mass is 16.3. The van der Waals surface area contributed by atoms with Crippen LogP contribution < -0.4 is 10.6 Å². The number of rotatable bonds is 4. The van der Waals surface area contributed by atoms with Crippen molar-refractivity contribution in [1.82, 2.24) is 0 Å². The summed E-state index contributed by atoms with van der Waals surface area (Å²) in [7, 11) is 1.67. The maximum absolute atomic E-state index is 12.1. The fourth-order valence-corrected chi connectivity index (χ4v) is 1.55. The molecule has 94 valence electrons. The van der Waals surface area contributed by atoms with E-state index in [0.29, 0.717) is 5.69 Å². The molecule has 0 aliphatic heterocycles. The van der Waals surface area contributed by atoms with E-state index in [1.54, 1.807) is 31.3 Å². The summed E-state index contributed by atoms with van der Waals surface area (Å²) >= 11 is 0. The van der Waals surface area contributed by atoms with E-state index in [1.165, 1.54) is 4.90 Å². The second-order valence-corrected chi connectivity index (χ2v) is 4.33. The van der Waals surface area contributed by atoms with Crippen LogP contribution in [0.3, 0.4) is 0 Å². The molecule has 1 aromatic carbocycles. The van der Waals surface area contributed by atoms with Gasteiger partial charge in [-0.15, -0.1) is 0 Å². The van der Waals surface area contributed by atoms with Gasteiger partial charge in [0.25, 0.3) is 0 Å². The van der Waals surface area contributed by atoms with Crippen LogP contribution in [0.1, 0.15) is 20.3 Å². The van der Waals surface area contributed by atoms with Crippen molar-refractivity contribution in [2.75, 3.05) is 11.9 Å². The van der Waals surface area contributed by atoms with Crippen LogP contribution in [0.2, 0.25) is 0 Å². The van der Waals surface area contributed by atoms with Crippen LogP contribution in [0.4, 0.5) is 5.69 Å². The number of hydrogen-bond donors (Lipinski definition) is 2. The predicted octanol–water partition coefficient (Wildman–Crippen LogP) is 1.73. The first-order valence-electron chi connectivity index (χ1n) is 5.79. The summed E-state index contributed by atoms with van der Waals surface area (Å²) in [5, 5.41) is 9.37. The molecule has 1 rings (SSSR count). The molecule has 0 heterocycles. The molecule has 0 unspecified atom stereocenters. The van der Waals surface area contributed by atoms with Gasteiger partial charge in [-0.05, 0) is 18.1 Å². The van der Waals surface area contributed by atoms with Gasteiger partial charge in [-0.1, -0.05) is 26.3 Å². The number of nitrogens with zero attached hydrogens (tertiary/aromatic N) is 1. The second-order valence-electron chi connectivity index (χ2n) is 4.33. The minimum absolute atomic E-state index is 0.134. The molecule has 0 aliphatic rings. The summed E-state index contributed by atoms with van der Waals surface area (Å²) in [6.45, 7) is 3.96. The number of carbonyl (C=O) groups is 1. The van der Waals surface area contributed by atoms with Crippen LogP contribution in [0.15, 0.2) is 24.3 Å². The fourth-order valence-electron chi connectivity index (χ4n) is 1.55. The number of anilines is 1. The molecule has 1 aromatic rings. The predicted molar refractivity (Wildman–Crippen MR) is 68.9 cm³/mol. The van der Waals surface area contributed by atoms with Gasteiger partial charge in [-0.25, -0.2) is 0 Å². The lowest BCUT2D eigenvalue weighted by Gasteiger charge is -2.24. The Morgan fingerprint density at radius 1 is 1.53 bits per heavy atom. The Kier molecular flexibility index (Phi) is 4.52. The molecular weight excluding hydrogens is 216 g/mol. The Morgan fingerprint density at radius 3 is 2.71 bits per heavy atom. The van der Waals surface area contributed by atoms with Crippen molar-refractivity contribution in [3.63, 3.8) is 0 Å². The molecule has 0 spiro atoms. The number of benzene rings is 1. The van der Waals surface area contributed by atoms with Crippen molar-refractivity contribution in [3.8, 4) is 5.75 Å². The maximum Gasteiger partial charge on any atom is 0.243 e. The minimum Gasteiger partial charge on any atom is -0.508 e. The summed E-state index contributed by atoms with van der Waals surface area (Å²) in [5.41, 5.74) is 6.54. The average Bonchev–Trinajstić information content (AvgIpc) is 2.35. The average molecular weight is 236 g/mol. The monoisotopic (exact) mass is 236 g/mol. The Balaban J connectivity index is 2.83. The molecule has 0 saturated carbocycles. The van der Waals surface area contributed by atoms with Crippen molar-refractivity contribution >= 4 is 11.6 Å². The summed E-state index contributed by atoms with van der Waals surface area (Å²) in [4.78, 5) is 13.6. The first kappa shape index (κ1) is 13.5. The molecule has 0 bridgehead atoms. The summed E-state index contributed by atoms with van der Waals surface area (Å²) in [5.74, 6) is 0.145. The lowest BCUT2D eigenvalue weighted by molar-refractivity contribution is -0.120. The van der Waals surface area contributed by atoms with Gasteiger partial charge in [0.1, 0.15) is 5.75 Å². The highest BCUT2D eigenvalue weighted by Gasteiger charge is 2.23. The third kappa shape index (κ3) is 3.20. The summed E-state index contributed by atoms with van der Waals surface area (Å²) < 4.78 is 0. The highest BCUT2D eigenvalue weighted by molar-refractivity contribution is 5.96. The molecule has 1 amide bonds. The van der Waals surface area contributed by atoms with E-state index in [-0.39, 0.29) is 17.6 Å². The van der Waals surface area contributed by atoms with Crippen LogP contribution in [-0.4, -0.2) is 24.1 Å². The Morgan fingerprint density at radius 2 is 2.18 bits per heavy atom. The van der Waals surface area contributed by atoms with Crippen molar-refractivity contribution in [2.45, 2.75) is 26.3 Å². The van der Waals surface area contributed by atoms with Crippen LogP contribution in [0, 0.1) is 5.92 Å². The number of phenolic OH excluding ortho intramolecular Hbond substituents is 1. The van der Waals surface area contributed by atoms with E-state index in [9.17, 15) is 9.90 Å². The third-order valence-electron chi connectivity index (χ3n) is 3.09.